The van der Waals surface area contributed by atoms with E-state index in [1.54, 1.807) is 11.8 Å². The number of carbonyl (C=O) groups excluding carboxylic acids is 1. The fourth-order valence-corrected chi connectivity index (χ4v) is 2.89. The van der Waals surface area contributed by atoms with Crippen LogP contribution in [0.25, 0.3) is 0 Å². The topological polar surface area (TPSA) is 49.8 Å². The first-order chi connectivity index (χ1) is 7.56. The van der Waals surface area contributed by atoms with E-state index in [4.69, 9.17) is 17.0 Å². The lowest BCUT2D eigenvalue weighted by molar-refractivity contribution is -0.175. The summed E-state index contributed by atoms with van der Waals surface area (Å²) in [5.41, 5.74) is -1.56. The Balaban J connectivity index is 2.75. The monoisotopic (exact) mass is 263 g/mol. The molecule has 16 heavy (non-hydrogen) atoms. The summed E-state index contributed by atoms with van der Waals surface area (Å²) in [7, 11) is 0. The zero-order valence-electron chi connectivity index (χ0n) is 9.56. The molecule has 1 heterocycles. The maximum absolute atomic E-state index is 11.7. The van der Waals surface area contributed by atoms with E-state index in [2.05, 4.69) is 6.92 Å². The SMILES string of the molecule is CCCCN1C(=S)SCC1(O)C(=O)OCC. The molecule has 0 spiro atoms. The highest BCUT2D eigenvalue weighted by Crippen LogP contribution is 2.32. The van der Waals surface area contributed by atoms with Crippen LogP contribution in [0.4, 0.5) is 0 Å². The van der Waals surface area contributed by atoms with Gasteiger partial charge >= 0.3 is 5.97 Å². The predicted molar refractivity (Wildman–Crippen MR) is 68.3 cm³/mol. The predicted octanol–water partition coefficient (Wildman–Crippen LogP) is 1.37. The van der Waals surface area contributed by atoms with Gasteiger partial charge < -0.3 is 14.7 Å². The third kappa shape index (κ3) is 2.67. The second kappa shape index (κ2) is 5.84. The number of carbonyl (C=O) groups is 1. The smallest absolute Gasteiger partial charge is 0.360 e. The molecule has 0 saturated carbocycles. The van der Waals surface area contributed by atoms with Crippen LogP contribution >= 0.6 is 24.0 Å². The molecule has 1 aliphatic heterocycles. The van der Waals surface area contributed by atoms with Gasteiger partial charge in [0, 0.05) is 6.54 Å². The molecule has 0 amide bonds. The average molecular weight is 263 g/mol. The lowest BCUT2D eigenvalue weighted by Gasteiger charge is -2.31. The number of thioether (sulfide) groups is 1. The third-order valence-electron chi connectivity index (χ3n) is 2.40. The molecule has 0 radical (unpaired) electrons. The number of ether oxygens (including phenoxy) is 1. The van der Waals surface area contributed by atoms with E-state index in [1.807, 2.05) is 0 Å². The summed E-state index contributed by atoms with van der Waals surface area (Å²) < 4.78 is 5.46. The van der Waals surface area contributed by atoms with Gasteiger partial charge in [-0.2, -0.15) is 0 Å². The molecule has 0 aliphatic carbocycles. The summed E-state index contributed by atoms with van der Waals surface area (Å²) in [6.07, 6.45) is 1.88. The Kier molecular flexibility index (Phi) is 5.01. The number of esters is 1. The van der Waals surface area contributed by atoms with Gasteiger partial charge in [0.05, 0.1) is 12.4 Å². The minimum atomic E-state index is -1.56. The summed E-state index contributed by atoms with van der Waals surface area (Å²) in [5, 5.41) is 10.3. The zero-order valence-corrected chi connectivity index (χ0v) is 11.2. The number of aliphatic hydroxyl groups is 1. The molecule has 1 rings (SSSR count). The van der Waals surface area contributed by atoms with Gasteiger partial charge in [-0.25, -0.2) is 4.79 Å². The molecule has 4 nitrogen and oxygen atoms in total. The number of nitrogens with zero attached hydrogens (tertiary/aromatic N) is 1. The Labute approximate surface area is 105 Å². The molecular weight excluding hydrogens is 246 g/mol. The minimum Gasteiger partial charge on any atom is -0.462 e. The van der Waals surface area contributed by atoms with Crippen LogP contribution in [0.2, 0.25) is 0 Å². The molecule has 1 unspecified atom stereocenters. The van der Waals surface area contributed by atoms with Gasteiger partial charge in [-0.15, -0.1) is 0 Å². The fraction of sp³-hybridized carbons (Fsp3) is 0.800. The zero-order chi connectivity index (χ0) is 12.2. The summed E-state index contributed by atoms with van der Waals surface area (Å²) in [6.45, 7) is 4.63. The number of hydrogen-bond donors (Lipinski definition) is 1. The first kappa shape index (κ1) is 13.7. The van der Waals surface area contributed by atoms with Gasteiger partial charge in [-0.1, -0.05) is 37.3 Å². The highest BCUT2D eigenvalue weighted by Gasteiger charge is 2.49. The van der Waals surface area contributed by atoms with E-state index in [0.717, 1.165) is 12.8 Å². The summed E-state index contributed by atoms with van der Waals surface area (Å²) in [4.78, 5) is 13.3. The van der Waals surface area contributed by atoms with Crippen LogP contribution < -0.4 is 0 Å². The first-order valence-electron chi connectivity index (χ1n) is 5.40. The number of hydrogen-bond acceptors (Lipinski definition) is 5. The lowest BCUT2D eigenvalue weighted by Crippen LogP contribution is -2.54. The third-order valence-corrected chi connectivity index (χ3v) is 3.99. The molecule has 1 atom stereocenters. The van der Waals surface area contributed by atoms with E-state index in [-0.39, 0.29) is 12.4 Å². The maximum atomic E-state index is 11.7. The Bertz CT molecular complexity index is 285. The Hall–Kier alpha value is -0.330. The van der Waals surface area contributed by atoms with Crippen LogP contribution in [0.15, 0.2) is 0 Å². The van der Waals surface area contributed by atoms with Crippen molar-refractivity contribution in [3.05, 3.63) is 0 Å². The maximum Gasteiger partial charge on any atom is 0.360 e. The molecule has 1 N–H and O–H groups in total. The highest BCUT2D eigenvalue weighted by molar-refractivity contribution is 8.23. The van der Waals surface area contributed by atoms with Crippen molar-refractivity contribution < 1.29 is 14.6 Å². The summed E-state index contributed by atoms with van der Waals surface area (Å²) >= 11 is 6.45. The van der Waals surface area contributed by atoms with E-state index >= 15 is 0 Å². The van der Waals surface area contributed by atoms with Gasteiger partial charge in [0.2, 0.25) is 5.72 Å². The van der Waals surface area contributed by atoms with Crippen molar-refractivity contribution in [3.63, 3.8) is 0 Å². The number of thiocarbonyl (C=S) groups is 1. The van der Waals surface area contributed by atoms with Crippen molar-refractivity contribution in [1.29, 1.82) is 0 Å². The Morgan fingerprint density at radius 2 is 2.38 bits per heavy atom. The first-order valence-corrected chi connectivity index (χ1v) is 6.79. The quantitative estimate of drug-likeness (QED) is 0.597. The van der Waals surface area contributed by atoms with Crippen molar-refractivity contribution in [2.45, 2.75) is 32.4 Å². The largest absolute Gasteiger partial charge is 0.462 e. The normalized spacial score (nSPS) is 24.9. The van der Waals surface area contributed by atoms with Crippen LogP contribution in [0.1, 0.15) is 26.7 Å². The molecule has 6 heteroatoms. The molecule has 92 valence electrons. The van der Waals surface area contributed by atoms with Crippen LogP contribution in [-0.2, 0) is 9.53 Å². The van der Waals surface area contributed by atoms with Gasteiger partial charge in [-0.05, 0) is 13.3 Å². The van der Waals surface area contributed by atoms with Crippen LogP contribution in [0.5, 0.6) is 0 Å². The van der Waals surface area contributed by atoms with Crippen LogP contribution in [0, 0.1) is 0 Å². The average Bonchev–Trinajstić information content (AvgIpc) is 2.54. The summed E-state index contributed by atoms with van der Waals surface area (Å²) in [6, 6.07) is 0. The fourth-order valence-electron chi connectivity index (χ4n) is 1.48. The molecule has 1 saturated heterocycles. The van der Waals surface area contributed by atoms with Gasteiger partial charge in [0.25, 0.3) is 0 Å². The standard InChI is InChI=1S/C10H17NO3S2/c1-3-5-6-11-9(15)16-7-10(11,13)8(12)14-4-2/h13H,3-7H2,1-2H3. The van der Waals surface area contributed by atoms with Crippen molar-refractivity contribution in [2.24, 2.45) is 0 Å². The molecule has 1 fully saturated rings. The van der Waals surface area contributed by atoms with Crippen molar-refractivity contribution in [2.75, 3.05) is 18.9 Å². The Morgan fingerprint density at radius 3 is 2.94 bits per heavy atom. The number of unbranched alkanes of at least 4 members (excludes halogenated alkanes) is 1. The second-order valence-corrected chi connectivity index (χ2v) is 5.21. The van der Waals surface area contributed by atoms with E-state index < -0.39 is 11.7 Å². The molecule has 0 bridgehead atoms. The van der Waals surface area contributed by atoms with Crippen LogP contribution in [-0.4, -0.2) is 44.9 Å². The molecule has 1 aliphatic rings. The molecular formula is C10H17NO3S2. The van der Waals surface area contributed by atoms with Crippen molar-refractivity contribution in [1.82, 2.24) is 4.90 Å². The van der Waals surface area contributed by atoms with Gasteiger partial charge in [0.1, 0.15) is 4.32 Å². The van der Waals surface area contributed by atoms with Crippen LogP contribution in [0.3, 0.4) is 0 Å². The van der Waals surface area contributed by atoms with E-state index in [0.29, 0.717) is 10.9 Å². The van der Waals surface area contributed by atoms with Gasteiger partial charge in [0.15, 0.2) is 0 Å². The minimum absolute atomic E-state index is 0.258. The van der Waals surface area contributed by atoms with Gasteiger partial charge in [-0.3, -0.25) is 0 Å². The van der Waals surface area contributed by atoms with E-state index in [1.165, 1.54) is 11.8 Å². The van der Waals surface area contributed by atoms with Crippen molar-refractivity contribution >= 4 is 34.3 Å². The summed E-state index contributed by atoms with van der Waals surface area (Å²) in [5.74, 6) is -0.340. The molecule has 0 aromatic carbocycles. The molecule has 0 aromatic rings. The van der Waals surface area contributed by atoms with E-state index in [9.17, 15) is 9.90 Å². The number of rotatable bonds is 5. The highest BCUT2D eigenvalue weighted by atomic mass is 32.2. The second-order valence-electron chi connectivity index (χ2n) is 3.60. The Morgan fingerprint density at radius 1 is 1.69 bits per heavy atom. The van der Waals surface area contributed by atoms with Crippen molar-refractivity contribution in [3.8, 4) is 0 Å². The lowest BCUT2D eigenvalue weighted by atomic mass is 10.2. The molecule has 0 aromatic heterocycles.